The second kappa shape index (κ2) is 8.37. The molecule has 2 aromatic carbocycles. The van der Waals surface area contributed by atoms with Crippen LogP contribution in [0.2, 0.25) is 5.02 Å². The van der Waals surface area contributed by atoms with Gasteiger partial charge in [-0.3, -0.25) is 14.9 Å². The number of nitro groups is 1. The molecule has 9 nitrogen and oxygen atoms in total. The molecule has 0 aliphatic carbocycles. The predicted molar refractivity (Wildman–Crippen MR) is 96.4 cm³/mol. The van der Waals surface area contributed by atoms with Crippen LogP contribution in [0.25, 0.3) is 0 Å². The van der Waals surface area contributed by atoms with Crippen LogP contribution in [-0.4, -0.2) is 35.6 Å². The summed E-state index contributed by atoms with van der Waals surface area (Å²) < 4.78 is 9.79. The van der Waals surface area contributed by atoms with Crippen LogP contribution < -0.4 is 10.1 Å². The number of rotatable bonds is 6. The number of halogens is 1. The molecule has 0 unspecified atom stereocenters. The number of nitrogens with one attached hydrogen (secondary N) is 1. The molecule has 0 saturated carbocycles. The number of nitrogens with zero attached hydrogens (tertiary/aromatic N) is 1. The topological polar surface area (TPSA) is 128 Å². The second-order valence-electron chi connectivity index (χ2n) is 5.38. The minimum atomic E-state index is -0.905. The highest BCUT2D eigenvalue weighted by Gasteiger charge is 2.19. The number of aromatic hydroxyl groups is 1. The van der Waals surface area contributed by atoms with Crippen molar-refractivity contribution in [1.82, 2.24) is 0 Å². The van der Waals surface area contributed by atoms with Crippen LogP contribution in [-0.2, 0) is 9.53 Å². The number of amides is 1. The van der Waals surface area contributed by atoms with E-state index in [2.05, 4.69) is 5.32 Å². The fraction of sp³-hybridized carbons (Fsp3) is 0.176. The van der Waals surface area contributed by atoms with Crippen molar-refractivity contribution in [3.63, 3.8) is 0 Å². The molecule has 2 aromatic rings. The lowest BCUT2D eigenvalue weighted by molar-refractivity contribution is -0.385. The minimum absolute atomic E-state index is 0.0241. The molecule has 2 N–H and O–H groups in total. The summed E-state index contributed by atoms with van der Waals surface area (Å²) in [6.07, 6.45) is 0. The highest BCUT2D eigenvalue weighted by Crippen LogP contribution is 2.32. The predicted octanol–water partition coefficient (Wildman–Crippen LogP) is 3.07. The third-order valence-electron chi connectivity index (χ3n) is 3.51. The van der Waals surface area contributed by atoms with Crippen LogP contribution in [0.4, 0.5) is 11.4 Å². The lowest BCUT2D eigenvalue weighted by Gasteiger charge is -2.11. The third-order valence-corrected chi connectivity index (χ3v) is 3.75. The fourth-order valence-electron chi connectivity index (χ4n) is 2.19. The summed E-state index contributed by atoms with van der Waals surface area (Å²) in [5.74, 6) is -1.97. The third kappa shape index (κ3) is 4.85. The first-order valence-electron chi connectivity index (χ1n) is 7.51. The number of benzene rings is 2. The van der Waals surface area contributed by atoms with Crippen LogP contribution in [0.15, 0.2) is 30.3 Å². The number of aryl methyl sites for hydroxylation is 1. The molecule has 0 fully saturated rings. The SMILES string of the molecule is COc1cc(NC(=O)COC(=O)c2ccc(Cl)cc2O)c(C)cc1[N+](=O)[O-]. The van der Waals surface area contributed by atoms with Gasteiger partial charge in [-0.2, -0.15) is 0 Å². The molecular formula is C17H15ClN2O7. The highest BCUT2D eigenvalue weighted by atomic mass is 35.5. The number of carbonyl (C=O) groups excluding carboxylic acids is 2. The van der Waals surface area contributed by atoms with Crippen molar-refractivity contribution in [1.29, 1.82) is 0 Å². The van der Waals surface area contributed by atoms with Crippen LogP contribution >= 0.6 is 11.6 Å². The van der Waals surface area contributed by atoms with E-state index in [4.69, 9.17) is 21.1 Å². The zero-order valence-corrected chi connectivity index (χ0v) is 15.1. The Bertz CT molecular complexity index is 914. The van der Waals surface area contributed by atoms with Crippen molar-refractivity contribution >= 4 is 34.9 Å². The number of ether oxygens (including phenoxy) is 2. The molecule has 0 saturated heterocycles. The van der Waals surface area contributed by atoms with Gasteiger partial charge in [-0.15, -0.1) is 0 Å². The normalized spacial score (nSPS) is 10.2. The largest absolute Gasteiger partial charge is 0.507 e. The van der Waals surface area contributed by atoms with E-state index in [0.29, 0.717) is 5.56 Å². The summed E-state index contributed by atoms with van der Waals surface area (Å²) in [7, 11) is 1.27. The Kier molecular flexibility index (Phi) is 6.19. The first-order chi connectivity index (χ1) is 12.7. The number of hydrogen-bond acceptors (Lipinski definition) is 7. The number of methoxy groups -OCH3 is 1. The average Bonchev–Trinajstić information content (AvgIpc) is 2.60. The van der Waals surface area contributed by atoms with Crippen LogP contribution in [0.3, 0.4) is 0 Å². The maximum Gasteiger partial charge on any atom is 0.342 e. The lowest BCUT2D eigenvalue weighted by Crippen LogP contribution is -2.21. The van der Waals surface area contributed by atoms with Crippen LogP contribution in [0.5, 0.6) is 11.5 Å². The van der Waals surface area contributed by atoms with Crippen molar-refractivity contribution in [3.05, 3.63) is 56.6 Å². The number of phenolic OH excluding ortho intramolecular Hbond substituents is 1. The number of esters is 1. The lowest BCUT2D eigenvalue weighted by atomic mass is 10.1. The second-order valence-corrected chi connectivity index (χ2v) is 5.82. The van der Waals surface area contributed by atoms with Crippen LogP contribution in [0.1, 0.15) is 15.9 Å². The van der Waals surface area contributed by atoms with E-state index in [-0.39, 0.29) is 33.5 Å². The van der Waals surface area contributed by atoms with Gasteiger partial charge in [-0.05, 0) is 30.7 Å². The molecule has 142 valence electrons. The van der Waals surface area contributed by atoms with Gasteiger partial charge in [0.2, 0.25) is 0 Å². The first kappa shape index (κ1) is 20.0. The number of hydrogen-bond donors (Lipinski definition) is 2. The Morgan fingerprint density at radius 1 is 1.30 bits per heavy atom. The Morgan fingerprint density at radius 2 is 2.00 bits per heavy atom. The Morgan fingerprint density at radius 3 is 2.59 bits per heavy atom. The number of anilines is 1. The van der Waals surface area contributed by atoms with Crippen molar-refractivity contribution in [3.8, 4) is 11.5 Å². The Balaban J connectivity index is 2.05. The molecule has 2 rings (SSSR count). The van der Waals surface area contributed by atoms with E-state index >= 15 is 0 Å². The number of carbonyl (C=O) groups is 2. The molecule has 0 radical (unpaired) electrons. The van der Waals surface area contributed by atoms with Gasteiger partial charge >= 0.3 is 11.7 Å². The quantitative estimate of drug-likeness (QED) is 0.437. The van der Waals surface area contributed by atoms with Crippen LogP contribution in [0, 0.1) is 17.0 Å². The molecule has 0 aliphatic rings. The smallest absolute Gasteiger partial charge is 0.342 e. The molecule has 0 aliphatic heterocycles. The van der Waals surface area contributed by atoms with Gasteiger partial charge in [0.05, 0.1) is 12.0 Å². The molecular weight excluding hydrogens is 380 g/mol. The maximum absolute atomic E-state index is 12.0. The van der Waals surface area contributed by atoms with E-state index in [1.165, 1.54) is 37.4 Å². The summed E-state index contributed by atoms with van der Waals surface area (Å²) >= 11 is 5.68. The highest BCUT2D eigenvalue weighted by molar-refractivity contribution is 6.30. The van der Waals surface area contributed by atoms with Crippen molar-refractivity contribution < 1.29 is 29.1 Å². The molecule has 0 bridgehead atoms. The van der Waals surface area contributed by atoms with Gasteiger partial charge in [0.1, 0.15) is 11.3 Å². The summed E-state index contributed by atoms with van der Waals surface area (Å²) in [6, 6.07) is 6.39. The Labute approximate surface area is 158 Å². The van der Waals surface area contributed by atoms with Gasteiger partial charge in [-0.25, -0.2) is 4.79 Å². The van der Waals surface area contributed by atoms with Crippen molar-refractivity contribution in [2.45, 2.75) is 6.92 Å². The van der Waals surface area contributed by atoms with Gasteiger partial charge < -0.3 is 19.9 Å². The van der Waals surface area contributed by atoms with E-state index < -0.39 is 23.4 Å². The van der Waals surface area contributed by atoms with Gasteiger partial charge in [0.25, 0.3) is 5.91 Å². The van der Waals surface area contributed by atoms with E-state index in [9.17, 15) is 24.8 Å². The minimum Gasteiger partial charge on any atom is -0.507 e. The van der Waals surface area contributed by atoms with Crippen molar-refractivity contribution in [2.24, 2.45) is 0 Å². The molecule has 27 heavy (non-hydrogen) atoms. The van der Waals surface area contributed by atoms with E-state index in [1.807, 2.05) is 0 Å². The van der Waals surface area contributed by atoms with Crippen molar-refractivity contribution in [2.75, 3.05) is 19.0 Å². The maximum atomic E-state index is 12.0. The number of phenols is 1. The fourth-order valence-corrected chi connectivity index (χ4v) is 2.35. The Hall–Kier alpha value is -3.33. The summed E-state index contributed by atoms with van der Waals surface area (Å²) in [5, 5.41) is 23.4. The van der Waals surface area contributed by atoms with Gasteiger partial charge in [0, 0.05) is 22.8 Å². The molecule has 1 amide bonds. The molecule has 0 spiro atoms. The van der Waals surface area contributed by atoms with Gasteiger partial charge in [-0.1, -0.05) is 11.6 Å². The summed E-state index contributed by atoms with van der Waals surface area (Å²) in [5.41, 5.74) is 0.323. The molecule has 0 aromatic heterocycles. The molecule has 0 atom stereocenters. The molecule has 0 heterocycles. The monoisotopic (exact) mass is 394 g/mol. The standard InChI is InChI=1S/C17H15ClN2O7/c1-9-5-13(20(24)25)15(26-2)7-12(9)19-16(22)8-27-17(23)11-4-3-10(18)6-14(11)21/h3-7,21H,8H2,1-2H3,(H,19,22). The zero-order valence-electron chi connectivity index (χ0n) is 14.3. The van der Waals surface area contributed by atoms with E-state index in [1.54, 1.807) is 6.92 Å². The van der Waals surface area contributed by atoms with E-state index in [0.717, 1.165) is 0 Å². The summed E-state index contributed by atoms with van der Waals surface area (Å²) in [6.45, 7) is 0.944. The average molecular weight is 395 g/mol. The zero-order chi connectivity index (χ0) is 20.1. The molecule has 10 heteroatoms. The summed E-state index contributed by atoms with van der Waals surface area (Å²) in [4.78, 5) is 34.3. The first-order valence-corrected chi connectivity index (χ1v) is 7.89. The number of nitro benzene ring substituents is 1. The van der Waals surface area contributed by atoms with Gasteiger partial charge in [0.15, 0.2) is 12.4 Å².